The van der Waals surface area contributed by atoms with Crippen LogP contribution in [-0.4, -0.2) is 24.1 Å². The van der Waals surface area contributed by atoms with E-state index in [9.17, 15) is 8.78 Å². The van der Waals surface area contributed by atoms with Crippen molar-refractivity contribution in [2.75, 3.05) is 18.1 Å². The Morgan fingerprint density at radius 2 is 2.00 bits per heavy atom. The summed E-state index contributed by atoms with van der Waals surface area (Å²) in [5.74, 6) is 0.582. The quantitative estimate of drug-likeness (QED) is 0.689. The summed E-state index contributed by atoms with van der Waals surface area (Å²) in [5, 5.41) is 3.41. The molecule has 0 amide bonds. The zero-order chi connectivity index (χ0) is 14.1. The minimum absolute atomic E-state index is 0.202. The molecule has 1 aromatic rings. The maximum atomic E-state index is 13.7. The standard InChI is InChI=1S/C15H23F2NS/c1-3-8-18-13(11-19-9-4-2)10-12-6-5-7-14(16)15(12)17/h5-7,13,18H,3-4,8-11H2,1-2H3. The van der Waals surface area contributed by atoms with E-state index in [-0.39, 0.29) is 6.04 Å². The van der Waals surface area contributed by atoms with Crippen LogP contribution in [0.5, 0.6) is 0 Å². The van der Waals surface area contributed by atoms with Crippen LogP contribution in [0.1, 0.15) is 32.3 Å². The summed E-state index contributed by atoms with van der Waals surface area (Å²) in [7, 11) is 0. The van der Waals surface area contributed by atoms with Crippen molar-refractivity contribution in [3.8, 4) is 0 Å². The lowest BCUT2D eigenvalue weighted by Crippen LogP contribution is -2.34. The van der Waals surface area contributed by atoms with Crippen molar-refractivity contribution in [3.05, 3.63) is 35.4 Å². The average Bonchev–Trinajstić information content (AvgIpc) is 2.41. The summed E-state index contributed by atoms with van der Waals surface area (Å²) < 4.78 is 26.9. The molecule has 0 radical (unpaired) electrons. The molecule has 0 saturated heterocycles. The van der Waals surface area contributed by atoms with Crippen molar-refractivity contribution >= 4 is 11.8 Å². The van der Waals surface area contributed by atoms with E-state index in [4.69, 9.17) is 0 Å². The van der Waals surface area contributed by atoms with Crippen LogP contribution in [0.15, 0.2) is 18.2 Å². The number of thioether (sulfide) groups is 1. The van der Waals surface area contributed by atoms with Crippen LogP contribution >= 0.6 is 11.8 Å². The number of halogens is 2. The van der Waals surface area contributed by atoms with E-state index in [2.05, 4.69) is 19.2 Å². The Hall–Kier alpha value is -0.610. The van der Waals surface area contributed by atoms with Gasteiger partial charge in [0.05, 0.1) is 0 Å². The molecule has 1 unspecified atom stereocenters. The molecular weight excluding hydrogens is 264 g/mol. The largest absolute Gasteiger partial charge is 0.313 e. The van der Waals surface area contributed by atoms with E-state index in [0.717, 1.165) is 30.9 Å². The van der Waals surface area contributed by atoms with Crippen molar-refractivity contribution < 1.29 is 8.78 Å². The summed E-state index contributed by atoms with van der Waals surface area (Å²) in [6.07, 6.45) is 2.72. The monoisotopic (exact) mass is 287 g/mol. The molecule has 0 aromatic heterocycles. The molecule has 0 heterocycles. The second kappa shape index (κ2) is 9.32. The fraction of sp³-hybridized carbons (Fsp3) is 0.600. The van der Waals surface area contributed by atoms with Crippen LogP contribution in [0.2, 0.25) is 0 Å². The average molecular weight is 287 g/mol. The number of nitrogens with one attached hydrogen (secondary N) is 1. The Morgan fingerprint density at radius 3 is 2.68 bits per heavy atom. The molecule has 0 aliphatic rings. The second-order valence-corrected chi connectivity index (χ2v) is 5.79. The van der Waals surface area contributed by atoms with E-state index < -0.39 is 11.6 Å². The summed E-state index contributed by atoms with van der Waals surface area (Å²) in [6, 6.07) is 4.61. The SMILES string of the molecule is CCCNC(CSCCC)Cc1cccc(F)c1F. The van der Waals surface area contributed by atoms with Gasteiger partial charge in [-0.05, 0) is 43.2 Å². The highest BCUT2D eigenvalue weighted by molar-refractivity contribution is 7.99. The molecule has 108 valence electrons. The zero-order valence-corrected chi connectivity index (χ0v) is 12.5. The molecule has 0 bridgehead atoms. The molecule has 1 N–H and O–H groups in total. The highest BCUT2D eigenvalue weighted by atomic mass is 32.2. The first-order valence-electron chi connectivity index (χ1n) is 6.93. The van der Waals surface area contributed by atoms with Crippen molar-refractivity contribution in [1.82, 2.24) is 5.32 Å². The van der Waals surface area contributed by atoms with Crippen molar-refractivity contribution in [1.29, 1.82) is 0 Å². The number of hydrogen-bond donors (Lipinski definition) is 1. The minimum atomic E-state index is -0.757. The van der Waals surface area contributed by atoms with Gasteiger partial charge in [-0.2, -0.15) is 11.8 Å². The molecule has 1 aromatic carbocycles. The van der Waals surface area contributed by atoms with Crippen LogP contribution in [0.25, 0.3) is 0 Å². The van der Waals surface area contributed by atoms with Gasteiger partial charge in [0.1, 0.15) is 0 Å². The third-order valence-electron chi connectivity index (χ3n) is 2.85. The Labute approximate surface area is 119 Å². The maximum absolute atomic E-state index is 13.7. The predicted molar refractivity (Wildman–Crippen MR) is 79.8 cm³/mol. The summed E-state index contributed by atoms with van der Waals surface area (Å²) >= 11 is 1.86. The van der Waals surface area contributed by atoms with Crippen molar-refractivity contribution in [3.63, 3.8) is 0 Å². The lowest BCUT2D eigenvalue weighted by Gasteiger charge is -2.18. The van der Waals surface area contributed by atoms with Gasteiger partial charge in [-0.15, -0.1) is 0 Å². The Balaban J connectivity index is 2.61. The van der Waals surface area contributed by atoms with Crippen LogP contribution in [-0.2, 0) is 6.42 Å². The number of hydrogen-bond acceptors (Lipinski definition) is 2. The Morgan fingerprint density at radius 1 is 1.21 bits per heavy atom. The lowest BCUT2D eigenvalue weighted by atomic mass is 10.1. The number of rotatable bonds is 9. The lowest BCUT2D eigenvalue weighted by molar-refractivity contribution is 0.483. The molecule has 0 spiro atoms. The zero-order valence-electron chi connectivity index (χ0n) is 11.7. The van der Waals surface area contributed by atoms with Gasteiger partial charge < -0.3 is 5.32 Å². The van der Waals surface area contributed by atoms with E-state index >= 15 is 0 Å². The first-order chi connectivity index (χ1) is 9.19. The van der Waals surface area contributed by atoms with Gasteiger partial charge in [0, 0.05) is 11.8 Å². The fourth-order valence-electron chi connectivity index (χ4n) is 1.88. The van der Waals surface area contributed by atoms with Crippen LogP contribution in [0.3, 0.4) is 0 Å². The molecule has 0 aliphatic heterocycles. The molecule has 1 atom stereocenters. The third kappa shape index (κ3) is 5.91. The van der Waals surface area contributed by atoms with Gasteiger partial charge in [0.2, 0.25) is 0 Å². The second-order valence-electron chi connectivity index (χ2n) is 4.64. The molecule has 1 nitrogen and oxygen atoms in total. The van der Waals surface area contributed by atoms with E-state index in [1.807, 2.05) is 11.8 Å². The normalized spacial score (nSPS) is 12.6. The van der Waals surface area contributed by atoms with E-state index in [1.165, 1.54) is 6.07 Å². The van der Waals surface area contributed by atoms with Gasteiger partial charge in [-0.1, -0.05) is 26.0 Å². The first-order valence-corrected chi connectivity index (χ1v) is 8.08. The van der Waals surface area contributed by atoms with Gasteiger partial charge in [-0.3, -0.25) is 0 Å². The maximum Gasteiger partial charge on any atom is 0.162 e. The first kappa shape index (κ1) is 16.4. The highest BCUT2D eigenvalue weighted by Crippen LogP contribution is 2.15. The van der Waals surface area contributed by atoms with Gasteiger partial charge in [0.25, 0.3) is 0 Å². The summed E-state index contributed by atoms with van der Waals surface area (Å²) in [5.41, 5.74) is 0.464. The third-order valence-corrected chi connectivity index (χ3v) is 4.18. The van der Waals surface area contributed by atoms with Crippen molar-refractivity contribution in [2.45, 2.75) is 39.2 Å². The number of benzene rings is 1. The topological polar surface area (TPSA) is 12.0 Å². The van der Waals surface area contributed by atoms with Gasteiger partial charge in [0.15, 0.2) is 11.6 Å². The molecule has 4 heteroatoms. The fourth-order valence-corrected chi connectivity index (χ4v) is 2.86. The molecule has 0 saturated carbocycles. The minimum Gasteiger partial charge on any atom is -0.313 e. The van der Waals surface area contributed by atoms with Crippen molar-refractivity contribution in [2.24, 2.45) is 0 Å². The molecule has 0 aliphatic carbocycles. The van der Waals surface area contributed by atoms with Crippen LogP contribution < -0.4 is 5.32 Å². The summed E-state index contributed by atoms with van der Waals surface area (Å²) in [4.78, 5) is 0. The van der Waals surface area contributed by atoms with Gasteiger partial charge in [-0.25, -0.2) is 8.78 Å². The Bertz CT molecular complexity index is 371. The summed E-state index contributed by atoms with van der Waals surface area (Å²) in [6.45, 7) is 5.16. The molecular formula is C15H23F2NS. The van der Waals surface area contributed by atoms with Crippen LogP contribution in [0.4, 0.5) is 8.78 Å². The molecule has 19 heavy (non-hydrogen) atoms. The van der Waals surface area contributed by atoms with Crippen LogP contribution in [0, 0.1) is 11.6 Å². The molecule has 0 fully saturated rings. The van der Waals surface area contributed by atoms with Gasteiger partial charge >= 0.3 is 0 Å². The van der Waals surface area contributed by atoms with E-state index in [1.54, 1.807) is 12.1 Å². The Kier molecular flexibility index (Phi) is 8.07. The van der Waals surface area contributed by atoms with E-state index in [0.29, 0.717) is 12.0 Å². The highest BCUT2D eigenvalue weighted by Gasteiger charge is 2.14. The smallest absolute Gasteiger partial charge is 0.162 e. The molecule has 1 rings (SSSR count). The predicted octanol–water partition coefficient (Wildman–Crippen LogP) is 4.02.